The van der Waals surface area contributed by atoms with E-state index in [9.17, 15) is 5.11 Å². The van der Waals surface area contributed by atoms with Crippen molar-refractivity contribution in [2.45, 2.75) is 51.6 Å². The summed E-state index contributed by atoms with van der Waals surface area (Å²) in [5, 5.41) is 13.5. The molecule has 2 N–H and O–H groups in total. The van der Waals surface area contributed by atoms with E-state index in [1.54, 1.807) is 0 Å². The Hall–Kier alpha value is -0.340. The highest BCUT2D eigenvalue weighted by molar-refractivity contribution is 4.95. The van der Waals surface area contributed by atoms with Crippen molar-refractivity contribution in [3.63, 3.8) is 0 Å². The van der Waals surface area contributed by atoms with Gasteiger partial charge >= 0.3 is 0 Å². The highest BCUT2D eigenvalue weighted by atomic mass is 16.3. The summed E-state index contributed by atoms with van der Waals surface area (Å²) >= 11 is 0. The Morgan fingerprint density at radius 1 is 1.29 bits per heavy atom. The van der Waals surface area contributed by atoms with Crippen molar-refractivity contribution in [1.29, 1.82) is 0 Å². The monoisotopic (exact) mass is 197 g/mol. The Morgan fingerprint density at radius 3 is 2.50 bits per heavy atom. The first kappa shape index (κ1) is 11.7. The van der Waals surface area contributed by atoms with E-state index >= 15 is 0 Å². The van der Waals surface area contributed by atoms with Crippen molar-refractivity contribution >= 4 is 0 Å². The van der Waals surface area contributed by atoms with Crippen LogP contribution in [0.15, 0.2) is 11.6 Å². The van der Waals surface area contributed by atoms with E-state index in [0.717, 1.165) is 25.9 Å². The maximum absolute atomic E-state index is 10.2. The molecule has 0 aliphatic heterocycles. The van der Waals surface area contributed by atoms with Gasteiger partial charge in [-0.2, -0.15) is 0 Å². The summed E-state index contributed by atoms with van der Waals surface area (Å²) in [5.41, 5.74) is 0.904. The van der Waals surface area contributed by atoms with Crippen molar-refractivity contribution in [2.75, 3.05) is 13.1 Å². The van der Waals surface area contributed by atoms with Crippen LogP contribution in [0.3, 0.4) is 0 Å². The Balaban J connectivity index is 2.19. The largest absolute Gasteiger partial charge is 0.389 e. The normalized spacial score (nSPS) is 20.5. The summed E-state index contributed by atoms with van der Waals surface area (Å²) in [6, 6.07) is 0. The molecule has 1 aliphatic rings. The number of rotatable bonds is 4. The van der Waals surface area contributed by atoms with Gasteiger partial charge in [-0.1, -0.05) is 30.9 Å². The smallest absolute Gasteiger partial charge is 0.0771 e. The van der Waals surface area contributed by atoms with Crippen molar-refractivity contribution in [3.8, 4) is 0 Å². The third kappa shape index (κ3) is 4.25. The molecule has 0 radical (unpaired) electrons. The summed E-state index contributed by atoms with van der Waals surface area (Å²) in [4.78, 5) is 0. The average Bonchev–Trinajstić information content (AvgIpc) is 2.14. The fraction of sp³-hybridized carbons (Fsp3) is 0.833. The van der Waals surface area contributed by atoms with E-state index in [2.05, 4.69) is 25.2 Å². The number of aliphatic hydroxyl groups is 1. The van der Waals surface area contributed by atoms with Crippen LogP contribution < -0.4 is 5.32 Å². The molecule has 1 fully saturated rings. The molecule has 0 heterocycles. The van der Waals surface area contributed by atoms with Crippen molar-refractivity contribution < 1.29 is 5.11 Å². The zero-order valence-corrected chi connectivity index (χ0v) is 9.47. The molecule has 0 unspecified atom stereocenters. The third-order valence-electron chi connectivity index (χ3n) is 2.89. The predicted molar refractivity (Wildman–Crippen MR) is 60.3 cm³/mol. The van der Waals surface area contributed by atoms with E-state index in [4.69, 9.17) is 0 Å². The number of hydrogen-bond acceptors (Lipinski definition) is 2. The zero-order valence-electron chi connectivity index (χ0n) is 9.47. The van der Waals surface area contributed by atoms with Crippen LogP contribution in [-0.4, -0.2) is 23.8 Å². The molecule has 2 nitrogen and oxygen atoms in total. The van der Waals surface area contributed by atoms with Crippen molar-refractivity contribution in [1.82, 2.24) is 5.32 Å². The van der Waals surface area contributed by atoms with Gasteiger partial charge in [0.2, 0.25) is 0 Å². The molecule has 0 spiro atoms. The van der Waals surface area contributed by atoms with Gasteiger partial charge < -0.3 is 10.4 Å². The standard InChI is InChI=1S/C12H23NO/c1-11(2)6-9-13-10-12(14)7-4-3-5-8-12/h6,13-14H,3-5,7-10H2,1-2H3. The van der Waals surface area contributed by atoms with Crippen LogP contribution >= 0.6 is 0 Å². The lowest BCUT2D eigenvalue weighted by Gasteiger charge is -2.32. The topological polar surface area (TPSA) is 32.3 Å². The van der Waals surface area contributed by atoms with Gasteiger partial charge in [-0.25, -0.2) is 0 Å². The molecule has 0 aromatic carbocycles. The summed E-state index contributed by atoms with van der Waals surface area (Å²) in [6.45, 7) is 5.81. The van der Waals surface area contributed by atoms with Crippen LogP contribution in [0, 0.1) is 0 Å². The molecule has 82 valence electrons. The van der Waals surface area contributed by atoms with Gasteiger partial charge in [-0.3, -0.25) is 0 Å². The van der Waals surface area contributed by atoms with Gasteiger partial charge in [-0.05, 0) is 26.7 Å². The Labute approximate surface area is 87.4 Å². The van der Waals surface area contributed by atoms with Gasteiger partial charge in [0, 0.05) is 13.1 Å². The fourth-order valence-electron chi connectivity index (χ4n) is 1.97. The summed E-state index contributed by atoms with van der Waals surface area (Å²) in [6.07, 6.45) is 7.74. The lowest BCUT2D eigenvalue weighted by molar-refractivity contribution is 0.00574. The van der Waals surface area contributed by atoms with Crippen molar-refractivity contribution in [3.05, 3.63) is 11.6 Å². The molecular weight excluding hydrogens is 174 g/mol. The zero-order chi connectivity index (χ0) is 10.4. The molecule has 14 heavy (non-hydrogen) atoms. The maximum Gasteiger partial charge on any atom is 0.0771 e. The van der Waals surface area contributed by atoms with Crippen LogP contribution in [0.2, 0.25) is 0 Å². The lowest BCUT2D eigenvalue weighted by Crippen LogP contribution is -2.42. The minimum absolute atomic E-state index is 0.423. The summed E-state index contributed by atoms with van der Waals surface area (Å²) in [7, 11) is 0. The molecule has 0 aromatic heterocycles. The second kappa shape index (κ2) is 5.52. The molecule has 2 heteroatoms. The first-order valence-corrected chi connectivity index (χ1v) is 5.69. The minimum atomic E-state index is -0.423. The van der Waals surface area contributed by atoms with Gasteiger partial charge in [0.15, 0.2) is 0 Å². The van der Waals surface area contributed by atoms with E-state index in [1.165, 1.54) is 24.8 Å². The summed E-state index contributed by atoms with van der Waals surface area (Å²) in [5.74, 6) is 0. The molecule has 0 amide bonds. The highest BCUT2D eigenvalue weighted by Gasteiger charge is 2.28. The number of hydrogen-bond donors (Lipinski definition) is 2. The third-order valence-corrected chi connectivity index (χ3v) is 2.89. The second-order valence-electron chi connectivity index (χ2n) is 4.70. The van der Waals surface area contributed by atoms with Crippen LogP contribution in [-0.2, 0) is 0 Å². The van der Waals surface area contributed by atoms with Gasteiger partial charge in [0.05, 0.1) is 5.60 Å². The fourth-order valence-corrected chi connectivity index (χ4v) is 1.97. The van der Waals surface area contributed by atoms with Gasteiger partial charge in [0.1, 0.15) is 0 Å². The molecule has 0 aromatic rings. The Morgan fingerprint density at radius 2 is 1.93 bits per heavy atom. The van der Waals surface area contributed by atoms with Gasteiger partial charge in [-0.15, -0.1) is 0 Å². The highest BCUT2D eigenvalue weighted by Crippen LogP contribution is 2.27. The second-order valence-corrected chi connectivity index (χ2v) is 4.70. The van der Waals surface area contributed by atoms with Crippen LogP contribution in [0.25, 0.3) is 0 Å². The predicted octanol–water partition coefficient (Wildman–Crippen LogP) is 2.24. The molecule has 0 bridgehead atoms. The molecule has 1 rings (SSSR count). The van der Waals surface area contributed by atoms with Gasteiger partial charge in [0.25, 0.3) is 0 Å². The van der Waals surface area contributed by atoms with E-state index in [1.807, 2.05) is 0 Å². The summed E-state index contributed by atoms with van der Waals surface area (Å²) < 4.78 is 0. The van der Waals surface area contributed by atoms with Crippen LogP contribution in [0.1, 0.15) is 46.0 Å². The lowest BCUT2D eigenvalue weighted by atomic mass is 9.85. The molecule has 1 aliphatic carbocycles. The van der Waals surface area contributed by atoms with E-state index in [-0.39, 0.29) is 0 Å². The molecule has 0 saturated heterocycles. The Bertz CT molecular complexity index is 188. The Kier molecular flexibility index (Phi) is 4.63. The average molecular weight is 197 g/mol. The van der Waals surface area contributed by atoms with Crippen LogP contribution in [0.5, 0.6) is 0 Å². The quantitative estimate of drug-likeness (QED) is 0.535. The van der Waals surface area contributed by atoms with E-state index < -0.39 is 5.60 Å². The molecule has 1 saturated carbocycles. The maximum atomic E-state index is 10.2. The first-order valence-electron chi connectivity index (χ1n) is 5.69. The van der Waals surface area contributed by atoms with E-state index in [0.29, 0.717) is 0 Å². The SMILES string of the molecule is CC(C)=CCNCC1(O)CCCCC1. The molecule has 0 atom stereocenters. The number of allylic oxidation sites excluding steroid dienone is 1. The van der Waals surface area contributed by atoms with Crippen LogP contribution in [0.4, 0.5) is 0 Å². The minimum Gasteiger partial charge on any atom is -0.389 e. The number of nitrogens with one attached hydrogen (secondary N) is 1. The molecular formula is C12H23NO. The first-order chi connectivity index (χ1) is 6.62. The van der Waals surface area contributed by atoms with Crippen molar-refractivity contribution in [2.24, 2.45) is 0 Å².